The van der Waals surface area contributed by atoms with E-state index in [4.69, 9.17) is 5.73 Å². The molecule has 19 heavy (non-hydrogen) atoms. The summed E-state index contributed by atoms with van der Waals surface area (Å²) < 4.78 is 0. The minimum Gasteiger partial charge on any atom is -0.398 e. The molecular formula is C13H21N3O2S. The van der Waals surface area contributed by atoms with Gasteiger partial charge < -0.3 is 16.0 Å². The Kier molecular flexibility index (Phi) is 5.82. The van der Waals surface area contributed by atoms with E-state index in [1.54, 1.807) is 11.0 Å². The zero-order valence-corrected chi connectivity index (χ0v) is 12.5. The topological polar surface area (TPSA) is 75.4 Å². The average molecular weight is 283 g/mol. The number of amides is 2. The molecule has 0 bridgehead atoms. The molecule has 2 amide bonds. The molecule has 0 aliphatic carbocycles. The molecule has 0 aliphatic rings. The maximum absolute atomic E-state index is 11.8. The SMILES string of the molecule is CCN(CC)C(=O)CCNC(=O)c1cc(N)c(C)s1. The highest BCUT2D eigenvalue weighted by Crippen LogP contribution is 2.22. The van der Waals surface area contributed by atoms with Crippen molar-refractivity contribution in [2.45, 2.75) is 27.2 Å². The molecule has 6 heteroatoms. The van der Waals surface area contributed by atoms with Crippen LogP contribution in [0.2, 0.25) is 0 Å². The first-order valence-corrected chi connectivity index (χ1v) is 7.23. The van der Waals surface area contributed by atoms with Crippen molar-refractivity contribution < 1.29 is 9.59 Å². The number of aryl methyl sites for hydroxylation is 1. The van der Waals surface area contributed by atoms with E-state index in [0.29, 0.717) is 36.6 Å². The Morgan fingerprint density at radius 3 is 2.47 bits per heavy atom. The van der Waals surface area contributed by atoms with Gasteiger partial charge >= 0.3 is 0 Å². The van der Waals surface area contributed by atoms with Gasteiger partial charge in [0.15, 0.2) is 0 Å². The van der Waals surface area contributed by atoms with Gasteiger partial charge in [-0.1, -0.05) is 0 Å². The number of carbonyl (C=O) groups is 2. The molecule has 0 saturated carbocycles. The maximum atomic E-state index is 11.8. The standard InChI is InChI=1S/C13H21N3O2S/c1-4-16(5-2)12(17)6-7-15-13(18)11-8-10(14)9(3)19-11/h8H,4-7,14H2,1-3H3,(H,15,18). The number of anilines is 1. The highest BCUT2D eigenvalue weighted by Gasteiger charge is 2.12. The zero-order valence-electron chi connectivity index (χ0n) is 11.7. The fourth-order valence-electron chi connectivity index (χ4n) is 1.71. The lowest BCUT2D eigenvalue weighted by Crippen LogP contribution is -2.34. The number of nitrogens with zero attached hydrogens (tertiary/aromatic N) is 1. The molecule has 0 aliphatic heterocycles. The van der Waals surface area contributed by atoms with Gasteiger partial charge in [0.25, 0.3) is 5.91 Å². The highest BCUT2D eigenvalue weighted by atomic mass is 32.1. The largest absolute Gasteiger partial charge is 0.398 e. The molecule has 0 saturated heterocycles. The summed E-state index contributed by atoms with van der Waals surface area (Å²) in [5.41, 5.74) is 6.33. The van der Waals surface area contributed by atoms with Crippen molar-refractivity contribution in [1.82, 2.24) is 10.2 Å². The summed E-state index contributed by atoms with van der Waals surface area (Å²) >= 11 is 1.36. The number of nitrogens with two attached hydrogens (primary N) is 1. The number of hydrogen-bond acceptors (Lipinski definition) is 4. The Morgan fingerprint density at radius 2 is 2.00 bits per heavy atom. The van der Waals surface area contributed by atoms with Crippen LogP contribution in [-0.4, -0.2) is 36.3 Å². The minimum atomic E-state index is -0.169. The first kappa shape index (κ1) is 15.5. The second-order valence-corrected chi connectivity index (χ2v) is 5.45. The van der Waals surface area contributed by atoms with Crippen LogP contribution in [-0.2, 0) is 4.79 Å². The van der Waals surface area contributed by atoms with Crippen LogP contribution in [0.4, 0.5) is 5.69 Å². The number of carbonyl (C=O) groups excluding carboxylic acids is 2. The van der Waals surface area contributed by atoms with Crippen LogP contribution in [0.15, 0.2) is 6.07 Å². The molecule has 5 nitrogen and oxygen atoms in total. The normalized spacial score (nSPS) is 10.3. The van der Waals surface area contributed by atoms with Crippen LogP contribution in [0, 0.1) is 6.92 Å². The molecule has 0 aromatic carbocycles. The summed E-state index contributed by atoms with van der Waals surface area (Å²) in [4.78, 5) is 26.8. The van der Waals surface area contributed by atoms with Gasteiger partial charge in [0.2, 0.25) is 5.91 Å². The van der Waals surface area contributed by atoms with Crippen LogP contribution < -0.4 is 11.1 Å². The minimum absolute atomic E-state index is 0.0622. The second-order valence-electron chi connectivity index (χ2n) is 4.19. The van der Waals surface area contributed by atoms with E-state index in [-0.39, 0.29) is 11.8 Å². The molecule has 0 fully saturated rings. The molecule has 106 valence electrons. The molecule has 3 N–H and O–H groups in total. The van der Waals surface area contributed by atoms with Gasteiger partial charge in [0.05, 0.1) is 4.88 Å². The highest BCUT2D eigenvalue weighted by molar-refractivity contribution is 7.14. The van der Waals surface area contributed by atoms with E-state index in [1.807, 2.05) is 20.8 Å². The Labute approximate surface area is 117 Å². The molecule has 0 atom stereocenters. The lowest BCUT2D eigenvalue weighted by atomic mass is 10.3. The van der Waals surface area contributed by atoms with Gasteiger partial charge in [0.1, 0.15) is 0 Å². The molecule has 1 aromatic heterocycles. The number of nitrogen functional groups attached to an aromatic ring is 1. The summed E-state index contributed by atoms with van der Waals surface area (Å²) in [5, 5.41) is 2.74. The molecule has 1 aromatic rings. The first-order chi connectivity index (χ1) is 8.99. The average Bonchev–Trinajstić information content (AvgIpc) is 2.71. The molecule has 0 spiro atoms. The molecule has 0 radical (unpaired) electrons. The summed E-state index contributed by atoms with van der Waals surface area (Å²) in [7, 11) is 0. The summed E-state index contributed by atoms with van der Waals surface area (Å²) in [5.74, 6) is -0.107. The van der Waals surface area contributed by atoms with E-state index in [2.05, 4.69) is 5.32 Å². The van der Waals surface area contributed by atoms with Gasteiger partial charge in [-0.3, -0.25) is 9.59 Å². The Bertz CT molecular complexity index is 433. The van der Waals surface area contributed by atoms with Gasteiger partial charge in [-0.05, 0) is 26.8 Å². The van der Waals surface area contributed by atoms with E-state index in [9.17, 15) is 9.59 Å². The number of thiophene rings is 1. The van der Waals surface area contributed by atoms with Gasteiger partial charge in [0, 0.05) is 36.6 Å². The fraction of sp³-hybridized carbons (Fsp3) is 0.538. The summed E-state index contributed by atoms with van der Waals surface area (Å²) in [6, 6.07) is 1.67. The van der Waals surface area contributed by atoms with Gasteiger partial charge in [-0.25, -0.2) is 0 Å². The fourth-order valence-corrected chi connectivity index (χ4v) is 2.57. The van der Waals surface area contributed by atoms with Crippen LogP contribution in [0.1, 0.15) is 34.8 Å². The number of nitrogens with one attached hydrogen (secondary N) is 1. The van der Waals surface area contributed by atoms with E-state index in [1.165, 1.54) is 11.3 Å². The second kappa shape index (κ2) is 7.13. The van der Waals surface area contributed by atoms with Crippen LogP contribution >= 0.6 is 11.3 Å². The number of rotatable bonds is 6. The monoisotopic (exact) mass is 283 g/mol. The quantitative estimate of drug-likeness (QED) is 0.833. The van der Waals surface area contributed by atoms with Gasteiger partial charge in [-0.2, -0.15) is 0 Å². The zero-order chi connectivity index (χ0) is 14.4. The van der Waals surface area contributed by atoms with Crippen molar-refractivity contribution in [1.29, 1.82) is 0 Å². The third-order valence-corrected chi connectivity index (χ3v) is 3.99. The van der Waals surface area contributed by atoms with Crippen LogP contribution in [0.5, 0.6) is 0 Å². The van der Waals surface area contributed by atoms with Crippen molar-refractivity contribution in [3.8, 4) is 0 Å². The van der Waals surface area contributed by atoms with Gasteiger partial charge in [-0.15, -0.1) is 11.3 Å². The Morgan fingerprint density at radius 1 is 1.37 bits per heavy atom. The first-order valence-electron chi connectivity index (χ1n) is 6.41. The van der Waals surface area contributed by atoms with E-state index >= 15 is 0 Å². The molecule has 1 heterocycles. The molecule has 1 rings (SSSR count). The van der Waals surface area contributed by atoms with Crippen molar-refractivity contribution in [3.05, 3.63) is 15.8 Å². The molecular weight excluding hydrogens is 262 g/mol. The predicted octanol–water partition coefficient (Wildman–Crippen LogP) is 1.63. The third-order valence-electron chi connectivity index (χ3n) is 2.92. The Balaban J connectivity index is 2.41. The van der Waals surface area contributed by atoms with Crippen molar-refractivity contribution in [2.75, 3.05) is 25.4 Å². The molecule has 0 unspecified atom stereocenters. The lowest BCUT2D eigenvalue weighted by molar-refractivity contribution is -0.130. The van der Waals surface area contributed by atoms with E-state index in [0.717, 1.165) is 4.88 Å². The lowest BCUT2D eigenvalue weighted by Gasteiger charge is -2.18. The summed E-state index contributed by atoms with van der Waals surface area (Å²) in [6.45, 7) is 7.51. The van der Waals surface area contributed by atoms with Crippen LogP contribution in [0.3, 0.4) is 0 Å². The van der Waals surface area contributed by atoms with Crippen molar-refractivity contribution in [3.63, 3.8) is 0 Å². The van der Waals surface area contributed by atoms with Crippen molar-refractivity contribution in [2.24, 2.45) is 0 Å². The summed E-state index contributed by atoms with van der Waals surface area (Å²) in [6.07, 6.45) is 0.327. The Hall–Kier alpha value is -1.56. The third kappa shape index (κ3) is 4.24. The maximum Gasteiger partial charge on any atom is 0.261 e. The van der Waals surface area contributed by atoms with Crippen LogP contribution in [0.25, 0.3) is 0 Å². The smallest absolute Gasteiger partial charge is 0.261 e. The van der Waals surface area contributed by atoms with Crippen molar-refractivity contribution >= 4 is 28.8 Å². The number of hydrogen-bond donors (Lipinski definition) is 2. The van der Waals surface area contributed by atoms with E-state index < -0.39 is 0 Å². The predicted molar refractivity (Wildman–Crippen MR) is 78.3 cm³/mol.